The van der Waals surface area contributed by atoms with Gasteiger partial charge in [0.2, 0.25) is 20.0 Å². The minimum Gasteiger partial charge on any atom is -0.243 e. The van der Waals surface area contributed by atoms with Crippen LogP contribution in [0.2, 0.25) is 5.15 Å². The summed E-state index contributed by atoms with van der Waals surface area (Å²) in [4.78, 5) is 3.50. The number of nitrogens with one attached hydrogen (secondary N) is 1. The first-order valence-corrected chi connectivity index (χ1v) is 7.90. The molecule has 0 aliphatic carbocycles. The third-order valence-electron chi connectivity index (χ3n) is 1.69. The zero-order valence-electron chi connectivity index (χ0n) is 8.50. The van der Waals surface area contributed by atoms with Crippen molar-refractivity contribution < 1.29 is 16.8 Å². The molecule has 0 amide bonds. The number of pyridine rings is 1. The highest BCUT2D eigenvalue weighted by Crippen LogP contribution is 2.10. The van der Waals surface area contributed by atoms with Crippen molar-refractivity contribution >= 4 is 31.6 Å². The molecule has 1 heterocycles. The van der Waals surface area contributed by atoms with Crippen LogP contribution in [-0.2, 0) is 20.0 Å². The average molecular weight is 300 g/mol. The number of rotatable bonds is 5. The van der Waals surface area contributed by atoms with Crippen LogP contribution in [0.5, 0.6) is 0 Å². The molecule has 96 valence electrons. The molecule has 0 unspecified atom stereocenters. The van der Waals surface area contributed by atoms with Gasteiger partial charge in [-0.25, -0.2) is 31.7 Å². The van der Waals surface area contributed by atoms with Gasteiger partial charge in [0.05, 0.1) is 5.75 Å². The normalized spacial score (nSPS) is 12.6. The maximum atomic E-state index is 11.6. The van der Waals surface area contributed by atoms with Gasteiger partial charge in [-0.2, -0.15) is 0 Å². The largest absolute Gasteiger partial charge is 0.243 e. The molecule has 1 rings (SSSR count). The van der Waals surface area contributed by atoms with Gasteiger partial charge in [0.1, 0.15) is 10.0 Å². The Kier molecular flexibility index (Phi) is 4.44. The van der Waals surface area contributed by atoms with Crippen LogP contribution in [0.4, 0.5) is 0 Å². The van der Waals surface area contributed by atoms with Crippen molar-refractivity contribution in [3.8, 4) is 0 Å². The maximum Gasteiger partial charge on any atom is 0.242 e. The van der Waals surface area contributed by atoms with E-state index in [0.717, 1.165) is 6.20 Å². The lowest BCUT2D eigenvalue weighted by Gasteiger charge is -2.05. The van der Waals surface area contributed by atoms with E-state index in [-0.39, 0.29) is 16.6 Å². The van der Waals surface area contributed by atoms with E-state index in [9.17, 15) is 16.8 Å². The van der Waals surface area contributed by atoms with E-state index in [1.807, 2.05) is 0 Å². The molecule has 0 atom stereocenters. The number of sulfonamides is 2. The van der Waals surface area contributed by atoms with Gasteiger partial charge in [0.15, 0.2) is 0 Å². The summed E-state index contributed by atoms with van der Waals surface area (Å²) < 4.78 is 46.5. The molecule has 0 aromatic carbocycles. The number of hydrogen-bond donors (Lipinski definition) is 2. The number of primary sulfonamides is 1. The van der Waals surface area contributed by atoms with E-state index in [4.69, 9.17) is 16.7 Å². The van der Waals surface area contributed by atoms with Crippen LogP contribution in [0.3, 0.4) is 0 Å². The Morgan fingerprint density at radius 1 is 1.29 bits per heavy atom. The predicted octanol–water partition coefficient (Wildman–Crippen LogP) is -0.698. The van der Waals surface area contributed by atoms with Crippen LogP contribution in [0.25, 0.3) is 0 Å². The van der Waals surface area contributed by atoms with Crippen molar-refractivity contribution in [2.24, 2.45) is 5.14 Å². The summed E-state index contributed by atoms with van der Waals surface area (Å²) in [6.07, 6.45) is 1.07. The second-order valence-electron chi connectivity index (χ2n) is 3.08. The van der Waals surface area contributed by atoms with Gasteiger partial charge in [-0.05, 0) is 12.1 Å². The van der Waals surface area contributed by atoms with E-state index < -0.39 is 25.8 Å². The summed E-state index contributed by atoms with van der Waals surface area (Å²) in [6, 6.07) is 2.57. The summed E-state index contributed by atoms with van der Waals surface area (Å²) in [5.41, 5.74) is 0. The monoisotopic (exact) mass is 299 g/mol. The fourth-order valence-corrected chi connectivity index (χ4v) is 2.53. The predicted molar refractivity (Wildman–Crippen MR) is 62.4 cm³/mol. The fraction of sp³-hybridized carbons (Fsp3) is 0.286. The molecule has 0 aliphatic heterocycles. The molecule has 0 fully saturated rings. The van der Waals surface area contributed by atoms with Crippen LogP contribution in [0.1, 0.15) is 0 Å². The van der Waals surface area contributed by atoms with Crippen LogP contribution in [0, 0.1) is 0 Å². The number of aromatic nitrogens is 1. The Bertz CT molecular complexity index is 582. The minimum atomic E-state index is -3.79. The molecule has 3 N–H and O–H groups in total. The van der Waals surface area contributed by atoms with Gasteiger partial charge in [0, 0.05) is 12.7 Å². The molecule has 10 heteroatoms. The van der Waals surface area contributed by atoms with Crippen LogP contribution in [0.15, 0.2) is 23.2 Å². The van der Waals surface area contributed by atoms with E-state index in [1.165, 1.54) is 12.1 Å². The molecule has 1 aromatic heterocycles. The number of hydrogen-bond acceptors (Lipinski definition) is 5. The highest BCUT2D eigenvalue weighted by Gasteiger charge is 2.14. The van der Waals surface area contributed by atoms with Gasteiger partial charge in [-0.15, -0.1) is 0 Å². The summed E-state index contributed by atoms with van der Waals surface area (Å²) in [6.45, 7) is -0.302. The Labute approximate surface area is 104 Å². The maximum absolute atomic E-state index is 11.6. The Hall–Kier alpha value is -0.740. The topological polar surface area (TPSA) is 119 Å². The summed E-state index contributed by atoms with van der Waals surface area (Å²) in [5, 5.41) is 4.89. The highest BCUT2D eigenvalue weighted by molar-refractivity contribution is 7.90. The van der Waals surface area contributed by atoms with E-state index in [1.54, 1.807) is 0 Å². The first-order valence-electron chi connectivity index (χ1n) is 4.32. The first kappa shape index (κ1) is 14.3. The lowest BCUT2D eigenvalue weighted by molar-refractivity contribution is 0.581. The van der Waals surface area contributed by atoms with Crippen LogP contribution >= 0.6 is 11.6 Å². The molecular weight excluding hydrogens is 290 g/mol. The smallest absolute Gasteiger partial charge is 0.242 e. The Morgan fingerprint density at radius 3 is 2.41 bits per heavy atom. The molecule has 0 aliphatic rings. The molecule has 17 heavy (non-hydrogen) atoms. The van der Waals surface area contributed by atoms with Crippen molar-refractivity contribution in [3.05, 3.63) is 23.5 Å². The van der Waals surface area contributed by atoms with Crippen LogP contribution in [-0.4, -0.2) is 34.1 Å². The first-order chi connectivity index (χ1) is 7.71. The fourth-order valence-electron chi connectivity index (χ4n) is 0.923. The third kappa shape index (κ3) is 4.96. The molecule has 0 bridgehead atoms. The standard InChI is InChI=1S/C7H10ClN3O4S2/c8-7-2-1-6(5-10-7)17(14,15)11-3-4-16(9,12)13/h1-2,5,11H,3-4H2,(H2,9,12,13). The van der Waals surface area contributed by atoms with Crippen molar-refractivity contribution in [1.29, 1.82) is 0 Å². The van der Waals surface area contributed by atoms with Crippen molar-refractivity contribution in [2.75, 3.05) is 12.3 Å². The van der Waals surface area contributed by atoms with Gasteiger partial charge in [0.25, 0.3) is 0 Å². The molecule has 7 nitrogen and oxygen atoms in total. The lowest BCUT2D eigenvalue weighted by atomic mass is 10.5. The van der Waals surface area contributed by atoms with E-state index >= 15 is 0 Å². The molecular formula is C7H10ClN3O4S2. The SMILES string of the molecule is NS(=O)(=O)CCNS(=O)(=O)c1ccc(Cl)nc1. The van der Waals surface area contributed by atoms with E-state index in [2.05, 4.69) is 9.71 Å². The zero-order valence-corrected chi connectivity index (χ0v) is 10.9. The molecule has 0 radical (unpaired) electrons. The molecule has 0 spiro atoms. The number of nitrogens with zero attached hydrogens (tertiary/aromatic N) is 1. The second kappa shape index (κ2) is 5.27. The lowest BCUT2D eigenvalue weighted by Crippen LogP contribution is -2.31. The summed E-state index contributed by atoms with van der Waals surface area (Å²) in [5.74, 6) is -0.479. The van der Waals surface area contributed by atoms with Gasteiger partial charge >= 0.3 is 0 Å². The third-order valence-corrected chi connectivity index (χ3v) is 4.13. The summed E-state index contributed by atoms with van der Waals surface area (Å²) in [7, 11) is -7.49. The number of halogens is 1. The Morgan fingerprint density at radius 2 is 1.94 bits per heavy atom. The van der Waals surface area contributed by atoms with E-state index in [0.29, 0.717) is 0 Å². The van der Waals surface area contributed by atoms with Gasteiger partial charge in [-0.3, -0.25) is 0 Å². The zero-order chi connectivity index (χ0) is 13.1. The quantitative estimate of drug-likeness (QED) is 0.697. The number of nitrogens with two attached hydrogens (primary N) is 1. The van der Waals surface area contributed by atoms with Crippen LogP contribution < -0.4 is 9.86 Å². The van der Waals surface area contributed by atoms with Gasteiger partial charge < -0.3 is 0 Å². The summed E-state index contributed by atoms with van der Waals surface area (Å²) >= 11 is 5.50. The van der Waals surface area contributed by atoms with Crippen molar-refractivity contribution in [2.45, 2.75) is 4.90 Å². The van der Waals surface area contributed by atoms with Crippen molar-refractivity contribution in [1.82, 2.24) is 9.71 Å². The average Bonchev–Trinajstić information content (AvgIpc) is 2.15. The van der Waals surface area contributed by atoms with Gasteiger partial charge in [-0.1, -0.05) is 11.6 Å². The molecule has 1 aromatic rings. The van der Waals surface area contributed by atoms with Crippen molar-refractivity contribution in [3.63, 3.8) is 0 Å². The highest BCUT2D eigenvalue weighted by atomic mass is 35.5. The second-order valence-corrected chi connectivity index (χ2v) is 6.97. The molecule has 0 saturated carbocycles. The molecule has 0 saturated heterocycles. The minimum absolute atomic E-state index is 0.101. The Balaban J connectivity index is 2.73.